The van der Waals surface area contributed by atoms with E-state index in [2.05, 4.69) is 15.5 Å². The zero-order valence-electron chi connectivity index (χ0n) is 15.2. The highest BCUT2D eigenvalue weighted by atomic mass is 32.2. The molecule has 0 bridgehead atoms. The van der Waals surface area contributed by atoms with Crippen molar-refractivity contribution in [2.75, 3.05) is 14.2 Å². The highest BCUT2D eigenvalue weighted by Gasteiger charge is 2.23. The lowest BCUT2D eigenvalue weighted by Gasteiger charge is -2.14. The third kappa shape index (κ3) is 4.30. The standard InChI is InChI=1S/C18H23N3O4S/c1-11(16(22)19-13-6-4-5-7-13)26-18-21-20-17(25-18)12-8-9-14(23-2)15(10-12)24-3/h8-11,13H,4-7H2,1-3H3,(H,19,22)/t11-/m1/s1. The quantitative estimate of drug-likeness (QED) is 0.741. The van der Waals surface area contributed by atoms with Crippen LogP contribution in [0.2, 0.25) is 0 Å². The molecule has 1 aliphatic carbocycles. The Morgan fingerprint density at radius 1 is 1.23 bits per heavy atom. The van der Waals surface area contributed by atoms with Crippen molar-refractivity contribution in [3.05, 3.63) is 18.2 Å². The van der Waals surface area contributed by atoms with Crippen molar-refractivity contribution < 1.29 is 18.7 Å². The third-order valence-corrected chi connectivity index (χ3v) is 5.32. The molecular weight excluding hydrogens is 354 g/mol. The number of aromatic nitrogens is 2. The number of methoxy groups -OCH3 is 2. The minimum atomic E-state index is -0.297. The van der Waals surface area contributed by atoms with E-state index in [0.717, 1.165) is 18.4 Å². The molecule has 8 heteroatoms. The molecule has 1 atom stereocenters. The number of carbonyl (C=O) groups is 1. The Morgan fingerprint density at radius 2 is 1.96 bits per heavy atom. The van der Waals surface area contributed by atoms with Crippen LogP contribution in [-0.4, -0.2) is 41.6 Å². The van der Waals surface area contributed by atoms with Crippen LogP contribution in [0.3, 0.4) is 0 Å². The summed E-state index contributed by atoms with van der Waals surface area (Å²) in [5.41, 5.74) is 0.727. The monoisotopic (exact) mass is 377 g/mol. The summed E-state index contributed by atoms with van der Waals surface area (Å²) in [4.78, 5) is 12.3. The molecule has 1 saturated carbocycles. The van der Waals surface area contributed by atoms with Gasteiger partial charge < -0.3 is 19.2 Å². The van der Waals surface area contributed by atoms with Crippen LogP contribution in [0.15, 0.2) is 27.8 Å². The average molecular weight is 377 g/mol. The minimum absolute atomic E-state index is 0.00719. The second kappa shape index (κ2) is 8.44. The zero-order chi connectivity index (χ0) is 18.5. The Balaban J connectivity index is 1.64. The molecular formula is C18H23N3O4S. The number of nitrogens with zero attached hydrogens (tertiary/aromatic N) is 2. The van der Waals surface area contributed by atoms with Crippen LogP contribution in [-0.2, 0) is 4.79 Å². The van der Waals surface area contributed by atoms with E-state index < -0.39 is 0 Å². The van der Waals surface area contributed by atoms with E-state index in [0.29, 0.717) is 28.7 Å². The molecule has 0 saturated heterocycles. The van der Waals surface area contributed by atoms with E-state index in [1.165, 1.54) is 24.6 Å². The van der Waals surface area contributed by atoms with E-state index in [-0.39, 0.29) is 11.2 Å². The summed E-state index contributed by atoms with van der Waals surface area (Å²) in [6.07, 6.45) is 4.50. The van der Waals surface area contributed by atoms with Crippen molar-refractivity contribution in [3.8, 4) is 23.0 Å². The van der Waals surface area contributed by atoms with Gasteiger partial charge in [0.25, 0.3) is 5.22 Å². The molecule has 1 heterocycles. The number of hydrogen-bond acceptors (Lipinski definition) is 7. The fourth-order valence-corrected chi connectivity index (χ4v) is 3.63. The van der Waals surface area contributed by atoms with Crippen LogP contribution in [0.5, 0.6) is 11.5 Å². The third-order valence-electron chi connectivity index (χ3n) is 4.39. The van der Waals surface area contributed by atoms with Crippen molar-refractivity contribution in [2.24, 2.45) is 0 Å². The summed E-state index contributed by atoms with van der Waals surface area (Å²) < 4.78 is 16.2. The van der Waals surface area contributed by atoms with Crippen molar-refractivity contribution >= 4 is 17.7 Å². The van der Waals surface area contributed by atoms with Gasteiger partial charge in [0.2, 0.25) is 11.8 Å². The van der Waals surface area contributed by atoms with Gasteiger partial charge in [-0.05, 0) is 38.0 Å². The molecule has 0 aliphatic heterocycles. The number of nitrogens with one attached hydrogen (secondary N) is 1. The number of benzene rings is 1. The van der Waals surface area contributed by atoms with Gasteiger partial charge in [0.15, 0.2) is 11.5 Å². The van der Waals surface area contributed by atoms with Gasteiger partial charge >= 0.3 is 0 Å². The Bertz CT molecular complexity index is 759. The highest BCUT2D eigenvalue weighted by Crippen LogP contribution is 2.33. The number of rotatable bonds is 7. The van der Waals surface area contributed by atoms with Crippen LogP contribution >= 0.6 is 11.8 Å². The van der Waals surface area contributed by atoms with E-state index in [9.17, 15) is 4.79 Å². The Labute approximate surface area is 156 Å². The SMILES string of the molecule is COc1ccc(-c2nnc(S[C@H](C)C(=O)NC3CCCC3)o2)cc1OC. The number of ether oxygens (including phenoxy) is 2. The largest absolute Gasteiger partial charge is 0.493 e. The van der Waals surface area contributed by atoms with Gasteiger partial charge in [0, 0.05) is 11.6 Å². The Kier molecular flexibility index (Phi) is 6.03. The molecule has 140 valence electrons. The van der Waals surface area contributed by atoms with Gasteiger partial charge in [-0.1, -0.05) is 24.6 Å². The summed E-state index contributed by atoms with van der Waals surface area (Å²) >= 11 is 1.26. The molecule has 3 rings (SSSR count). The predicted molar refractivity (Wildman–Crippen MR) is 98.6 cm³/mol. The minimum Gasteiger partial charge on any atom is -0.493 e. The van der Waals surface area contributed by atoms with Gasteiger partial charge in [0.1, 0.15) is 0 Å². The van der Waals surface area contributed by atoms with Crippen molar-refractivity contribution in [2.45, 2.75) is 49.1 Å². The maximum Gasteiger partial charge on any atom is 0.277 e. The fraction of sp³-hybridized carbons (Fsp3) is 0.500. The normalized spacial score (nSPS) is 15.7. The first-order chi connectivity index (χ1) is 12.6. The molecule has 0 unspecified atom stereocenters. The van der Waals surface area contributed by atoms with Crippen LogP contribution in [0.1, 0.15) is 32.6 Å². The number of amides is 1. The van der Waals surface area contributed by atoms with E-state index in [1.807, 2.05) is 13.0 Å². The van der Waals surface area contributed by atoms with Gasteiger partial charge in [-0.3, -0.25) is 4.79 Å². The first kappa shape index (κ1) is 18.6. The molecule has 1 N–H and O–H groups in total. The Hall–Kier alpha value is -2.22. The molecule has 0 spiro atoms. The fourth-order valence-electron chi connectivity index (χ4n) is 2.94. The summed E-state index contributed by atoms with van der Waals surface area (Å²) in [6.45, 7) is 1.84. The second-order valence-electron chi connectivity index (χ2n) is 6.19. The average Bonchev–Trinajstić information content (AvgIpc) is 3.33. The van der Waals surface area contributed by atoms with Gasteiger partial charge in [-0.15, -0.1) is 10.2 Å². The molecule has 0 radical (unpaired) electrons. The maximum atomic E-state index is 12.3. The summed E-state index contributed by atoms with van der Waals surface area (Å²) in [5, 5.41) is 11.3. The highest BCUT2D eigenvalue weighted by molar-refractivity contribution is 8.00. The van der Waals surface area contributed by atoms with Crippen LogP contribution in [0.4, 0.5) is 0 Å². The second-order valence-corrected chi connectivity index (χ2v) is 7.48. The van der Waals surface area contributed by atoms with Crippen LogP contribution in [0.25, 0.3) is 11.5 Å². The summed E-state index contributed by atoms with van der Waals surface area (Å²) in [6, 6.07) is 5.68. The van der Waals surface area contributed by atoms with Crippen molar-refractivity contribution in [1.82, 2.24) is 15.5 Å². The topological polar surface area (TPSA) is 86.5 Å². The first-order valence-electron chi connectivity index (χ1n) is 8.63. The lowest BCUT2D eigenvalue weighted by Crippen LogP contribution is -2.37. The molecule has 1 aromatic carbocycles. The smallest absolute Gasteiger partial charge is 0.277 e. The number of thioether (sulfide) groups is 1. The van der Waals surface area contributed by atoms with Gasteiger partial charge in [-0.2, -0.15) is 0 Å². The molecule has 1 fully saturated rings. The predicted octanol–water partition coefficient (Wildman–Crippen LogP) is 3.29. The molecule has 26 heavy (non-hydrogen) atoms. The van der Waals surface area contributed by atoms with Gasteiger partial charge in [0.05, 0.1) is 19.5 Å². The van der Waals surface area contributed by atoms with Crippen LogP contribution < -0.4 is 14.8 Å². The number of hydrogen-bond donors (Lipinski definition) is 1. The Morgan fingerprint density at radius 3 is 2.65 bits per heavy atom. The van der Waals surface area contributed by atoms with Crippen molar-refractivity contribution in [1.29, 1.82) is 0 Å². The van der Waals surface area contributed by atoms with E-state index in [4.69, 9.17) is 13.9 Å². The van der Waals surface area contributed by atoms with Gasteiger partial charge in [-0.25, -0.2) is 0 Å². The first-order valence-corrected chi connectivity index (χ1v) is 9.51. The van der Waals surface area contributed by atoms with E-state index >= 15 is 0 Å². The molecule has 1 aliphatic rings. The van der Waals surface area contributed by atoms with E-state index in [1.54, 1.807) is 26.4 Å². The molecule has 2 aromatic rings. The zero-order valence-corrected chi connectivity index (χ0v) is 16.0. The number of carbonyl (C=O) groups excluding carboxylic acids is 1. The lowest BCUT2D eigenvalue weighted by atomic mass is 10.2. The van der Waals surface area contributed by atoms with Crippen molar-refractivity contribution in [3.63, 3.8) is 0 Å². The molecule has 1 amide bonds. The molecule has 1 aromatic heterocycles. The lowest BCUT2D eigenvalue weighted by molar-refractivity contribution is -0.120. The van der Waals surface area contributed by atoms with Crippen LogP contribution in [0, 0.1) is 0 Å². The maximum absolute atomic E-state index is 12.3. The summed E-state index contributed by atoms with van der Waals surface area (Å²) in [5.74, 6) is 1.59. The summed E-state index contributed by atoms with van der Waals surface area (Å²) in [7, 11) is 3.15. The molecule has 7 nitrogen and oxygen atoms in total.